The normalized spacial score (nSPS) is 11.3. The van der Waals surface area contributed by atoms with Crippen LogP contribution in [0.1, 0.15) is 10.8 Å². The molecule has 34 heavy (non-hydrogen) atoms. The van der Waals surface area contributed by atoms with Crippen molar-refractivity contribution < 1.29 is 9.59 Å². The van der Waals surface area contributed by atoms with Gasteiger partial charge in [-0.3, -0.25) is 4.79 Å². The molecule has 0 saturated heterocycles. The molecule has 4 aromatic rings. The molecule has 1 atom stereocenters. The first-order valence-electron chi connectivity index (χ1n) is 10.6. The molecule has 0 aliphatic heterocycles. The topological polar surface area (TPSA) is 70.2 Å². The van der Waals surface area contributed by atoms with Crippen LogP contribution in [0.5, 0.6) is 0 Å². The summed E-state index contributed by atoms with van der Waals surface area (Å²) in [5.41, 5.74) is 3.02. The number of carbonyl (C=O) groups excluding carboxylic acids is 2. The molecule has 0 radical (unpaired) electrons. The fourth-order valence-electron chi connectivity index (χ4n) is 3.21. The van der Waals surface area contributed by atoms with Crippen LogP contribution in [0.2, 0.25) is 0 Å². The SMILES string of the molecule is O=C(Nc1ccccc1)Nc1ccc(SC(C(=O)Nc2ccc(Br)cc2)c2ccccc2)cc1. The number of nitrogens with one attached hydrogen (secondary N) is 3. The maximum absolute atomic E-state index is 13.2. The predicted molar refractivity (Wildman–Crippen MR) is 143 cm³/mol. The third kappa shape index (κ3) is 6.73. The van der Waals surface area contributed by atoms with E-state index in [9.17, 15) is 9.59 Å². The number of rotatable bonds is 7. The predicted octanol–water partition coefficient (Wildman–Crippen LogP) is 7.57. The zero-order valence-electron chi connectivity index (χ0n) is 18.1. The van der Waals surface area contributed by atoms with Gasteiger partial charge in [0.15, 0.2) is 0 Å². The Morgan fingerprint density at radius 1 is 0.618 bits per heavy atom. The van der Waals surface area contributed by atoms with Gasteiger partial charge >= 0.3 is 6.03 Å². The summed E-state index contributed by atoms with van der Waals surface area (Å²) in [5.74, 6) is -0.108. The summed E-state index contributed by atoms with van der Waals surface area (Å²) in [6.45, 7) is 0. The molecule has 0 saturated carbocycles. The fourth-order valence-corrected chi connectivity index (χ4v) is 4.50. The Balaban J connectivity index is 1.44. The molecule has 3 N–H and O–H groups in total. The van der Waals surface area contributed by atoms with Crippen molar-refractivity contribution in [3.63, 3.8) is 0 Å². The standard InChI is InChI=1S/C27H22BrN3O2S/c28-20-11-13-22(14-12-20)29-26(32)25(19-7-3-1-4-8-19)34-24-17-15-23(16-18-24)31-27(33)30-21-9-5-2-6-10-21/h1-18,25H,(H,29,32)(H2,30,31,33). The molecule has 0 heterocycles. The molecule has 170 valence electrons. The van der Waals surface area contributed by atoms with E-state index in [0.29, 0.717) is 5.69 Å². The minimum atomic E-state index is -0.440. The average molecular weight is 532 g/mol. The number of hydrogen-bond acceptors (Lipinski definition) is 3. The van der Waals surface area contributed by atoms with Crippen LogP contribution in [0.4, 0.5) is 21.9 Å². The highest BCUT2D eigenvalue weighted by molar-refractivity contribution is 9.10. The Bertz CT molecular complexity index is 1230. The van der Waals surface area contributed by atoms with Crippen LogP contribution in [-0.2, 0) is 4.79 Å². The van der Waals surface area contributed by atoms with Gasteiger partial charge in [-0.25, -0.2) is 4.79 Å². The summed E-state index contributed by atoms with van der Waals surface area (Å²) in [4.78, 5) is 26.3. The van der Waals surface area contributed by atoms with Gasteiger partial charge in [-0.2, -0.15) is 0 Å². The van der Waals surface area contributed by atoms with Crippen molar-refractivity contribution >= 4 is 56.7 Å². The third-order valence-corrected chi connectivity index (χ3v) is 6.64. The van der Waals surface area contributed by atoms with Crippen LogP contribution in [0.3, 0.4) is 0 Å². The first-order valence-corrected chi connectivity index (χ1v) is 12.3. The number of amides is 3. The van der Waals surface area contributed by atoms with Gasteiger partial charge < -0.3 is 16.0 Å². The van der Waals surface area contributed by atoms with Crippen LogP contribution < -0.4 is 16.0 Å². The molecule has 4 aromatic carbocycles. The highest BCUT2D eigenvalue weighted by Gasteiger charge is 2.22. The van der Waals surface area contributed by atoms with E-state index in [-0.39, 0.29) is 11.9 Å². The highest BCUT2D eigenvalue weighted by atomic mass is 79.9. The lowest BCUT2D eigenvalue weighted by molar-refractivity contribution is -0.115. The van der Waals surface area contributed by atoms with Gasteiger partial charge in [0.05, 0.1) is 0 Å². The van der Waals surface area contributed by atoms with Crippen molar-refractivity contribution in [2.24, 2.45) is 0 Å². The summed E-state index contributed by atoms with van der Waals surface area (Å²) in [7, 11) is 0. The number of urea groups is 1. The Labute approximate surface area is 211 Å². The van der Waals surface area contributed by atoms with E-state index in [1.807, 2.05) is 109 Å². The van der Waals surface area contributed by atoms with Gasteiger partial charge in [0.1, 0.15) is 5.25 Å². The van der Waals surface area contributed by atoms with Gasteiger partial charge in [-0.1, -0.05) is 64.5 Å². The molecule has 0 fully saturated rings. The lowest BCUT2D eigenvalue weighted by Crippen LogP contribution is -2.19. The van der Waals surface area contributed by atoms with E-state index < -0.39 is 5.25 Å². The van der Waals surface area contributed by atoms with Crippen LogP contribution in [-0.4, -0.2) is 11.9 Å². The maximum Gasteiger partial charge on any atom is 0.323 e. The first kappa shape index (κ1) is 23.6. The number of halogens is 1. The Morgan fingerprint density at radius 2 is 1.12 bits per heavy atom. The zero-order valence-corrected chi connectivity index (χ0v) is 20.5. The van der Waals surface area contributed by atoms with Gasteiger partial charge in [0.2, 0.25) is 5.91 Å². The smallest absolute Gasteiger partial charge is 0.323 e. The van der Waals surface area contributed by atoms with Crippen LogP contribution >= 0.6 is 27.7 Å². The molecule has 1 unspecified atom stereocenters. The fraction of sp³-hybridized carbons (Fsp3) is 0.0370. The molecule has 4 rings (SSSR count). The molecule has 3 amide bonds. The van der Waals surface area contributed by atoms with E-state index in [2.05, 4.69) is 31.9 Å². The number of hydrogen-bond donors (Lipinski definition) is 3. The number of para-hydroxylation sites is 1. The summed E-state index contributed by atoms with van der Waals surface area (Å²) in [6.07, 6.45) is 0. The molecule has 0 aromatic heterocycles. The second-order valence-electron chi connectivity index (χ2n) is 7.37. The quantitative estimate of drug-likeness (QED) is 0.215. The molecule has 7 heteroatoms. The van der Waals surface area contributed by atoms with Crippen molar-refractivity contribution in [2.45, 2.75) is 10.1 Å². The summed E-state index contributed by atoms with van der Waals surface area (Å²) < 4.78 is 0.950. The van der Waals surface area contributed by atoms with Gasteiger partial charge in [0, 0.05) is 26.4 Å². The molecule has 0 bridgehead atoms. The number of benzene rings is 4. The van der Waals surface area contributed by atoms with Crippen LogP contribution in [0, 0.1) is 0 Å². The summed E-state index contributed by atoms with van der Waals surface area (Å²) in [6, 6.07) is 33.5. The third-order valence-electron chi connectivity index (χ3n) is 4.85. The van der Waals surface area contributed by atoms with Crippen LogP contribution in [0.25, 0.3) is 0 Å². The largest absolute Gasteiger partial charge is 0.325 e. The number of carbonyl (C=O) groups is 2. The lowest BCUT2D eigenvalue weighted by atomic mass is 10.1. The lowest BCUT2D eigenvalue weighted by Gasteiger charge is -2.17. The second-order valence-corrected chi connectivity index (χ2v) is 9.47. The summed E-state index contributed by atoms with van der Waals surface area (Å²) >= 11 is 4.86. The highest BCUT2D eigenvalue weighted by Crippen LogP contribution is 2.36. The van der Waals surface area contributed by atoms with E-state index in [1.165, 1.54) is 11.8 Å². The van der Waals surface area contributed by atoms with Crippen molar-refractivity contribution in [2.75, 3.05) is 16.0 Å². The van der Waals surface area contributed by atoms with E-state index in [1.54, 1.807) is 0 Å². The molecular formula is C27H22BrN3O2S. The van der Waals surface area contributed by atoms with E-state index >= 15 is 0 Å². The summed E-state index contributed by atoms with van der Waals surface area (Å²) in [5, 5.41) is 8.17. The van der Waals surface area contributed by atoms with Gasteiger partial charge in [0.25, 0.3) is 0 Å². The van der Waals surface area contributed by atoms with Crippen molar-refractivity contribution in [3.8, 4) is 0 Å². The molecule has 0 spiro atoms. The molecule has 0 aliphatic rings. The van der Waals surface area contributed by atoms with Gasteiger partial charge in [-0.05, 0) is 66.2 Å². The van der Waals surface area contributed by atoms with E-state index in [0.717, 1.165) is 26.3 Å². The van der Waals surface area contributed by atoms with Crippen molar-refractivity contribution in [3.05, 3.63) is 119 Å². The number of anilines is 3. The van der Waals surface area contributed by atoms with E-state index in [4.69, 9.17) is 0 Å². The van der Waals surface area contributed by atoms with Crippen molar-refractivity contribution in [1.29, 1.82) is 0 Å². The minimum absolute atomic E-state index is 0.108. The second kappa shape index (κ2) is 11.5. The number of thioether (sulfide) groups is 1. The first-order chi connectivity index (χ1) is 16.6. The Hall–Kier alpha value is -3.55. The molecule has 0 aliphatic carbocycles. The zero-order chi connectivity index (χ0) is 23.8. The molecule has 5 nitrogen and oxygen atoms in total. The molecular weight excluding hydrogens is 510 g/mol. The van der Waals surface area contributed by atoms with Gasteiger partial charge in [-0.15, -0.1) is 11.8 Å². The minimum Gasteiger partial charge on any atom is -0.325 e. The monoisotopic (exact) mass is 531 g/mol. The maximum atomic E-state index is 13.2. The van der Waals surface area contributed by atoms with Crippen LogP contribution in [0.15, 0.2) is 119 Å². The average Bonchev–Trinajstić information content (AvgIpc) is 2.86. The Kier molecular flexibility index (Phi) is 8.01. The van der Waals surface area contributed by atoms with Crippen molar-refractivity contribution in [1.82, 2.24) is 0 Å². The Morgan fingerprint density at radius 3 is 1.74 bits per heavy atom.